The van der Waals surface area contributed by atoms with Crippen molar-refractivity contribution < 1.29 is 9.59 Å². The Kier molecular flexibility index (Phi) is 6.06. The first-order valence-corrected chi connectivity index (χ1v) is 11.8. The lowest BCUT2D eigenvalue weighted by atomic mass is 9.79. The number of benzene rings is 2. The molecule has 1 unspecified atom stereocenters. The molecule has 2 heterocycles. The summed E-state index contributed by atoms with van der Waals surface area (Å²) in [6.07, 6.45) is 2.65. The van der Waals surface area contributed by atoms with Crippen molar-refractivity contribution in [3.63, 3.8) is 0 Å². The van der Waals surface area contributed by atoms with Crippen molar-refractivity contribution in [3.8, 4) is 0 Å². The molecule has 0 saturated carbocycles. The van der Waals surface area contributed by atoms with E-state index in [4.69, 9.17) is 35.4 Å². The van der Waals surface area contributed by atoms with Gasteiger partial charge in [-0.2, -0.15) is 0 Å². The molecule has 4 rings (SSSR count). The molecule has 2 aliphatic heterocycles. The minimum Gasteiger partial charge on any atom is -0.369 e. The highest BCUT2D eigenvalue weighted by Crippen LogP contribution is 2.43. The summed E-state index contributed by atoms with van der Waals surface area (Å²) in [6.45, 7) is 8.68. The van der Waals surface area contributed by atoms with Gasteiger partial charge in [0.1, 0.15) is 5.57 Å². The number of halogens is 2. The normalized spacial score (nSPS) is 21.4. The average Bonchev–Trinajstić information content (AvgIpc) is 2.72. The Morgan fingerprint density at radius 3 is 2.52 bits per heavy atom. The molecule has 1 atom stereocenters. The van der Waals surface area contributed by atoms with Gasteiger partial charge in [0.25, 0.3) is 11.8 Å². The van der Waals surface area contributed by atoms with Crippen LogP contribution in [0.25, 0.3) is 6.08 Å². The molecule has 2 amide bonds. The number of nitrogens with one attached hydrogen (secondary N) is 1. The molecule has 33 heavy (non-hydrogen) atoms. The van der Waals surface area contributed by atoms with E-state index in [0.29, 0.717) is 21.7 Å². The Morgan fingerprint density at radius 1 is 1.15 bits per heavy atom. The van der Waals surface area contributed by atoms with E-state index >= 15 is 0 Å². The minimum atomic E-state index is -0.523. The third kappa shape index (κ3) is 4.16. The zero-order chi connectivity index (χ0) is 24.2. The number of hydrogen-bond donors (Lipinski definition) is 1. The second-order valence-electron chi connectivity index (χ2n) is 9.30. The predicted octanol–water partition coefficient (Wildman–Crippen LogP) is 5.86. The fourth-order valence-corrected chi connectivity index (χ4v) is 5.13. The molecule has 2 aromatic rings. The van der Waals surface area contributed by atoms with E-state index in [9.17, 15) is 9.59 Å². The summed E-state index contributed by atoms with van der Waals surface area (Å²) in [5.41, 5.74) is 4.68. The standard InChI is InChI=1S/C25H25Cl2N3O2S/c1-13-8-21-17(14(2)12-25(3,4)29(21)5)9-15(13)10-18-22(31)28-24(33)30(23(18)32)16-6-7-19(26)20(27)11-16/h6-11,14H,12H2,1-5H3,(H,28,31,33)/b18-10-. The van der Waals surface area contributed by atoms with Gasteiger partial charge in [-0.15, -0.1) is 0 Å². The molecular weight excluding hydrogens is 477 g/mol. The summed E-state index contributed by atoms with van der Waals surface area (Å²) < 4.78 is 0. The minimum absolute atomic E-state index is 0.000167. The van der Waals surface area contributed by atoms with Crippen LogP contribution < -0.4 is 15.1 Å². The van der Waals surface area contributed by atoms with Crippen LogP contribution in [0.3, 0.4) is 0 Å². The van der Waals surface area contributed by atoms with Crippen LogP contribution in [-0.2, 0) is 9.59 Å². The van der Waals surface area contributed by atoms with Crippen molar-refractivity contribution in [1.82, 2.24) is 5.32 Å². The number of aryl methyl sites for hydroxylation is 1. The highest BCUT2D eigenvalue weighted by Gasteiger charge is 2.36. The Labute approximate surface area is 209 Å². The highest BCUT2D eigenvalue weighted by molar-refractivity contribution is 7.80. The average molecular weight is 502 g/mol. The van der Waals surface area contributed by atoms with Crippen LogP contribution in [-0.4, -0.2) is 29.5 Å². The lowest BCUT2D eigenvalue weighted by Crippen LogP contribution is -2.54. The molecule has 5 nitrogen and oxygen atoms in total. The molecule has 8 heteroatoms. The zero-order valence-corrected chi connectivity index (χ0v) is 21.5. The first-order chi connectivity index (χ1) is 15.4. The maximum absolute atomic E-state index is 13.4. The number of rotatable bonds is 2. The summed E-state index contributed by atoms with van der Waals surface area (Å²) >= 11 is 17.4. The molecule has 172 valence electrons. The Bertz CT molecular complexity index is 1240. The van der Waals surface area contributed by atoms with Crippen LogP contribution in [0.15, 0.2) is 35.9 Å². The predicted molar refractivity (Wildman–Crippen MR) is 139 cm³/mol. The second kappa shape index (κ2) is 8.42. The number of fused-ring (bicyclic) bond motifs is 1. The number of thiocarbonyl (C=S) groups is 1. The molecule has 0 spiro atoms. The van der Waals surface area contributed by atoms with Crippen molar-refractivity contribution >= 4 is 69.8 Å². The van der Waals surface area contributed by atoms with Gasteiger partial charge in [-0.1, -0.05) is 30.1 Å². The molecule has 2 aromatic carbocycles. The number of nitrogens with zero attached hydrogens (tertiary/aromatic N) is 2. The van der Waals surface area contributed by atoms with Crippen LogP contribution in [0.5, 0.6) is 0 Å². The van der Waals surface area contributed by atoms with E-state index in [2.05, 4.69) is 50.2 Å². The third-order valence-corrected chi connectivity index (χ3v) is 7.61. The fourth-order valence-electron chi connectivity index (χ4n) is 4.56. The van der Waals surface area contributed by atoms with Crippen LogP contribution in [0.4, 0.5) is 11.4 Å². The van der Waals surface area contributed by atoms with E-state index in [1.54, 1.807) is 24.3 Å². The largest absolute Gasteiger partial charge is 0.369 e. The third-order valence-electron chi connectivity index (χ3n) is 6.58. The van der Waals surface area contributed by atoms with E-state index in [1.165, 1.54) is 16.2 Å². The molecule has 1 fully saturated rings. The van der Waals surface area contributed by atoms with Crippen molar-refractivity contribution in [2.45, 2.75) is 45.6 Å². The molecule has 1 N–H and O–H groups in total. The van der Waals surface area contributed by atoms with Crippen molar-refractivity contribution in [2.24, 2.45) is 0 Å². The van der Waals surface area contributed by atoms with Gasteiger partial charge in [0, 0.05) is 18.3 Å². The van der Waals surface area contributed by atoms with Gasteiger partial charge in [-0.05, 0) is 98.4 Å². The molecule has 0 aromatic heterocycles. The smallest absolute Gasteiger partial charge is 0.270 e. The summed E-state index contributed by atoms with van der Waals surface area (Å²) in [5, 5.41) is 3.27. The van der Waals surface area contributed by atoms with Gasteiger partial charge in [0.2, 0.25) is 0 Å². The van der Waals surface area contributed by atoms with Crippen molar-refractivity contribution in [1.29, 1.82) is 0 Å². The second-order valence-corrected chi connectivity index (χ2v) is 10.5. The van der Waals surface area contributed by atoms with Gasteiger partial charge < -0.3 is 4.90 Å². The maximum atomic E-state index is 13.4. The number of carbonyl (C=O) groups is 2. The number of hydrogen-bond acceptors (Lipinski definition) is 4. The maximum Gasteiger partial charge on any atom is 0.270 e. The monoisotopic (exact) mass is 501 g/mol. The number of amides is 2. The van der Waals surface area contributed by atoms with Crippen molar-refractivity contribution in [3.05, 3.63) is 62.6 Å². The van der Waals surface area contributed by atoms with Gasteiger partial charge >= 0.3 is 0 Å². The Hall–Kier alpha value is -2.41. The summed E-state index contributed by atoms with van der Waals surface area (Å²) in [4.78, 5) is 29.7. The van der Waals surface area contributed by atoms with Crippen LogP contribution in [0.1, 0.15) is 49.8 Å². The first-order valence-electron chi connectivity index (χ1n) is 10.7. The quantitative estimate of drug-likeness (QED) is 0.318. The van der Waals surface area contributed by atoms with Crippen molar-refractivity contribution in [2.75, 3.05) is 16.8 Å². The number of carbonyl (C=O) groups excluding carboxylic acids is 2. The number of anilines is 2. The van der Waals surface area contributed by atoms with Gasteiger partial charge in [-0.3, -0.25) is 19.8 Å². The fraction of sp³-hybridized carbons (Fsp3) is 0.320. The van der Waals surface area contributed by atoms with Crippen LogP contribution in [0, 0.1) is 6.92 Å². The van der Waals surface area contributed by atoms with Gasteiger partial charge in [0.15, 0.2) is 5.11 Å². The molecule has 2 aliphatic rings. The topological polar surface area (TPSA) is 52.7 Å². The Morgan fingerprint density at radius 2 is 1.85 bits per heavy atom. The van der Waals surface area contributed by atoms with E-state index < -0.39 is 11.8 Å². The van der Waals surface area contributed by atoms with Gasteiger partial charge in [-0.25, -0.2) is 0 Å². The first kappa shape index (κ1) is 23.7. The van der Waals surface area contributed by atoms with E-state index in [0.717, 1.165) is 17.5 Å². The summed E-state index contributed by atoms with van der Waals surface area (Å²) in [7, 11) is 2.11. The SMILES string of the molecule is Cc1cc2c(cc1/C=C1/C(=O)NC(=S)N(c3ccc(Cl)c(Cl)c3)C1=O)C(C)CC(C)(C)N2C. The zero-order valence-electron chi connectivity index (χ0n) is 19.1. The molecule has 1 saturated heterocycles. The molecule has 0 bridgehead atoms. The molecule has 0 radical (unpaired) electrons. The lowest BCUT2D eigenvalue weighted by Gasteiger charge is -2.45. The molecule has 0 aliphatic carbocycles. The highest BCUT2D eigenvalue weighted by atomic mass is 35.5. The summed E-state index contributed by atoms with van der Waals surface area (Å²) in [5.74, 6) is -0.685. The lowest BCUT2D eigenvalue weighted by molar-refractivity contribution is -0.122. The van der Waals surface area contributed by atoms with Crippen LogP contribution >= 0.6 is 35.4 Å². The van der Waals surface area contributed by atoms with E-state index in [1.807, 2.05) is 6.92 Å². The summed E-state index contributed by atoms with van der Waals surface area (Å²) in [6, 6.07) is 8.99. The Balaban J connectivity index is 1.77. The van der Waals surface area contributed by atoms with E-state index in [-0.39, 0.29) is 16.2 Å². The van der Waals surface area contributed by atoms with Gasteiger partial charge in [0.05, 0.1) is 15.7 Å². The van der Waals surface area contributed by atoms with Crippen LogP contribution in [0.2, 0.25) is 10.0 Å². The molecular formula is C25H25Cl2N3O2S.